The van der Waals surface area contributed by atoms with Crippen LogP contribution in [0.2, 0.25) is 0 Å². The third-order valence-electron chi connectivity index (χ3n) is 3.23. The van der Waals surface area contributed by atoms with Gasteiger partial charge in [0.1, 0.15) is 5.75 Å². The van der Waals surface area contributed by atoms with Gasteiger partial charge in [0.05, 0.1) is 5.56 Å². The summed E-state index contributed by atoms with van der Waals surface area (Å²) in [7, 11) is 0. The Balaban J connectivity index is 2.67. The average molecular weight is 249 g/mol. The van der Waals surface area contributed by atoms with E-state index < -0.39 is 0 Å². The molecule has 0 fully saturated rings. The van der Waals surface area contributed by atoms with E-state index in [1.165, 1.54) is 0 Å². The van der Waals surface area contributed by atoms with Gasteiger partial charge in [0.25, 0.3) is 5.91 Å². The van der Waals surface area contributed by atoms with Gasteiger partial charge in [-0.2, -0.15) is 0 Å². The van der Waals surface area contributed by atoms with Crippen LogP contribution in [0.1, 0.15) is 49.5 Å². The van der Waals surface area contributed by atoms with Crippen LogP contribution in [0.25, 0.3) is 0 Å². The molecule has 2 N–H and O–H groups in total. The van der Waals surface area contributed by atoms with Crippen molar-refractivity contribution in [3.63, 3.8) is 0 Å². The molecule has 0 radical (unpaired) electrons. The standard InChI is InChI=1S/C15H23NO2/c1-5-10(2)8-12(4)16-15(18)13-9-11(3)6-7-14(13)17/h6-7,9-10,12,17H,5,8H2,1-4H3,(H,16,18). The van der Waals surface area contributed by atoms with E-state index in [0.717, 1.165) is 18.4 Å². The highest BCUT2D eigenvalue weighted by molar-refractivity contribution is 5.97. The first-order chi connectivity index (χ1) is 8.43. The summed E-state index contributed by atoms with van der Waals surface area (Å²) in [6.07, 6.45) is 2.06. The first-order valence-electron chi connectivity index (χ1n) is 6.54. The van der Waals surface area contributed by atoms with Crippen molar-refractivity contribution in [3.8, 4) is 5.75 Å². The third kappa shape index (κ3) is 4.06. The van der Waals surface area contributed by atoms with Gasteiger partial charge in [-0.25, -0.2) is 0 Å². The first kappa shape index (κ1) is 14.6. The molecule has 0 aliphatic heterocycles. The quantitative estimate of drug-likeness (QED) is 0.841. The number of aryl methyl sites for hydroxylation is 1. The van der Waals surface area contributed by atoms with Crippen LogP contribution in [-0.4, -0.2) is 17.1 Å². The number of benzene rings is 1. The van der Waals surface area contributed by atoms with Gasteiger partial charge in [0.2, 0.25) is 0 Å². The van der Waals surface area contributed by atoms with Gasteiger partial charge in [-0.3, -0.25) is 4.79 Å². The largest absolute Gasteiger partial charge is 0.507 e. The molecule has 0 aromatic heterocycles. The maximum absolute atomic E-state index is 12.0. The van der Waals surface area contributed by atoms with Gasteiger partial charge < -0.3 is 10.4 Å². The van der Waals surface area contributed by atoms with Crippen molar-refractivity contribution < 1.29 is 9.90 Å². The molecule has 2 unspecified atom stereocenters. The Hall–Kier alpha value is -1.51. The summed E-state index contributed by atoms with van der Waals surface area (Å²) >= 11 is 0. The summed E-state index contributed by atoms with van der Waals surface area (Å²) in [6, 6.07) is 5.17. The predicted octanol–water partition coefficient (Wildman–Crippen LogP) is 3.26. The number of phenols is 1. The van der Waals surface area contributed by atoms with Gasteiger partial charge in [-0.1, -0.05) is 31.9 Å². The zero-order chi connectivity index (χ0) is 13.7. The molecule has 0 aliphatic carbocycles. The minimum atomic E-state index is -0.202. The topological polar surface area (TPSA) is 49.3 Å². The lowest BCUT2D eigenvalue weighted by molar-refractivity contribution is 0.0932. The fourth-order valence-electron chi connectivity index (χ4n) is 1.96. The molecule has 1 amide bonds. The van der Waals surface area contributed by atoms with Crippen molar-refractivity contribution in [2.45, 2.75) is 46.6 Å². The highest BCUT2D eigenvalue weighted by Crippen LogP contribution is 2.18. The second-order valence-corrected chi connectivity index (χ2v) is 5.14. The lowest BCUT2D eigenvalue weighted by atomic mass is 10.00. The van der Waals surface area contributed by atoms with Crippen LogP contribution in [0.3, 0.4) is 0 Å². The normalized spacial score (nSPS) is 14.0. The molecular formula is C15H23NO2. The van der Waals surface area contributed by atoms with Crippen LogP contribution in [0, 0.1) is 12.8 Å². The molecule has 0 saturated carbocycles. The summed E-state index contributed by atoms with van der Waals surface area (Å²) in [5.74, 6) is 0.423. The van der Waals surface area contributed by atoms with Crippen molar-refractivity contribution in [2.24, 2.45) is 5.92 Å². The molecule has 2 atom stereocenters. The van der Waals surface area contributed by atoms with Crippen LogP contribution in [0.4, 0.5) is 0 Å². The summed E-state index contributed by atoms with van der Waals surface area (Å²) in [5.41, 5.74) is 1.32. The minimum Gasteiger partial charge on any atom is -0.507 e. The molecule has 0 heterocycles. The molecule has 1 aromatic rings. The van der Waals surface area contributed by atoms with Gasteiger partial charge in [0, 0.05) is 6.04 Å². The van der Waals surface area contributed by atoms with E-state index in [2.05, 4.69) is 19.2 Å². The lowest BCUT2D eigenvalue weighted by Gasteiger charge is -2.18. The van der Waals surface area contributed by atoms with Gasteiger partial charge in [-0.05, 0) is 38.3 Å². The predicted molar refractivity (Wildman–Crippen MR) is 73.8 cm³/mol. The van der Waals surface area contributed by atoms with Crippen LogP contribution in [0.5, 0.6) is 5.75 Å². The fourth-order valence-corrected chi connectivity index (χ4v) is 1.96. The Bertz CT molecular complexity index is 415. The zero-order valence-corrected chi connectivity index (χ0v) is 11.7. The van der Waals surface area contributed by atoms with E-state index in [1.807, 2.05) is 13.8 Å². The fraction of sp³-hybridized carbons (Fsp3) is 0.533. The maximum Gasteiger partial charge on any atom is 0.255 e. The number of phenolic OH excluding ortho intramolecular Hbond substituents is 1. The SMILES string of the molecule is CCC(C)CC(C)NC(=O)c1cc(C)ccc1O. The van der Waals surface area contributed by atoms with Gasteiger partial charge >= 0.3 is 0 Å². The number of rotatable bonds is 5. The summed E-state index contributed by atoms with van der Waals surface area (Å²) in [5, 5.41) is 12.6. The molecule has 0 spiro atoms. The van der Waals surface area contributed by atoms with Crippen molar-refractivity contribution in [1.29, 1.82) is 0 Å². The molecule has 1 rings (SSSR count). The second-order valence-electron chi connectivity index (χ2n) is 5.14. The monoisotopic (exact) mass is 249 g/mol. The zero-order valence-electron chi connectivity index (χ0n) is 11.7. The highest BCUT2D eigenvalue weighted by atomic mass is 16.3. The van der Waals surface area contributed by atoms with E-state index in [9.17, 15) is 9.90 Å². The van der Waals surface area contributed by atoms with Crippen LogP contribution in [0.15, 0.2) is 18.2 Å². The molecule has 100 valence electrons. The molecule has 0 aliphatic rings. The third-order valence-corrected chi connectivity index (χ3v) is 3.23. The number of carbonyl (C=O) groups excluding carboxylic acids is 1. The van der Waals surface area contributed by atoms with Crippen molar-refractivity contribution in [2.75, 3.05) is 0 Å². The number of nitrogens with one attached hydrogen (secondary N) is 1. The Kier molecular flexibility index (Phi) is 5.20. The Morgan fingerprint density at radius 1 is 1.39 bits per heavy atom. The smallest absolute Gasteiger partial charge is 0.255 e. The first-order valence-corrected chi connectivity index (χ1v) is 6.54. The maximum atomic E-state index is 12.0. The van der Waals surface area contributed by atoms with E-state index in [-0.39, 0.29) is 17.7 Å². The second kappa shape index (κ2) is 6.43. The molecule has 0 saturated heterocycles. The van der Waals surface area contributed by atoms with Crippen molar-refractivity contribution in [1.82, 2.24) is 5.32 Å². The number of aromatic hydroxyl groups is 1. The van der Waals surface area contributed by atoms with Crippen molar-refractivity contribution >= 4 is 5.91 Å². The Labute approximate surface area is 109 Å². The Morgan fingerprint density at radius 2 is 2.06 bits per heavy atom. The molecule has 3 heteroatoms. The van der Waals surface area contributed by atoms with E-state index in [4.69, 9.17) is 0 Å². The van der Waals surface area contributed by atoms with Gasteiger partial charge in [-0.15, -0.1) is 0 Å². The van der Waals surface area contributed by atoms with Crippen LogP contribution >= 0.6 is 0 Å². The van der Waals surface area contributed by atoms with Crippen LogP contribution < -0.4 is 5.32 Å². The van der Waals surface area contributed by atoms with E-state index in [1.54, 1.807) is 18.2 Å². The van der Waals surface area contributed by atoms with Crippen molar-refractivity contribution in [3.05, 3.63) is 29.3 Å². The molecular weight excluding hydrogens is 226 g/mol. The number of hydrogen-bond acceptors (Lipinski definition) is 2. The number of carbonyl (C=O) groups is 1. The summed E-state index contributed by atoms with van der Waals surface area (Å²) < 4.78 is 0. The minimum absolute atomic E-state index is 0.0360. The lowest BCUT2D eigenvalue weighted by Crippen LogP contribution is -2.33. The van der Waals surface area contributed by atoms with E-state index >= 15 is 0 Å². The summed E-state index contributed by atoms with van der Waals surface area (Å²) in [4.78, 5) is 12.0. The average Bonchev–Trinajstić information content (AvgIpc) is 2.31. The molecule has 18 heavy (non-hydrogen) atoms. The van der Waals surface area contributed by atoms with Gasteiger partial charge in [0.15, 0.2) is 0 Å². The molecule has 3 nitrogen and oxygen atoms in total. The molecule has 0 bridgehead atoms. The Morgan fingerprint density at radius 3 is 2.67 bits per heavy atom. The van der Waals surface area contributed by atoms with Crippen LogP contribution in [-0.2, 0) is 0 Å². The number of amides is 1. The van der Waals surface area contributed by atoms with E-state index in [0.29, 0.717) is 11.5 Å². The highest BCUT2D eigenvalue weighted by Gasteiger charge is 2.15. The number of hydrogen-bond donors (Lipinski definition) is 2. The molecule has 1 aromatic carbocycles. The summed E-state index contributed by atoms with van der Waals surface area (Å²) in [6.45, 7) is 8.22.